The lowest BCUT2D eigenvalue weighted by Crippen LogP contribution is -2.21. The number of nitrogens with zero attached hydrogens (tertiary/aromatic N) is 3. The molecule has 0 aliphatic carbocycles. The van der Waals surface area contributed by atoms with E-state index in [-0.39, 0.29) is 12.1 Å². The van der Waals surface area contributed by atoms with Crippen LogP contribution in [-0.4, -0.2) is 14.8 Å². The Hall–Kier alpha value is -2.01. The molecule has 2 aromatic heterocycles. The van der Waals surface area contributed by atoms with Crippen molar-refractivity contribution in [3.05, 3.63) is 46.4 Å². The zero-order chi connectivity index (χ0) is 11.5. The first-order valence-electron chi connectivity index (χ1n) is 4.91. The summed E-state index contributed by atoms with van der Waals surface area (Å²) in [6.45, 7) is 0.273. The molecule has 2 rings (SSSR count). The van der Waals surface area contributed by atoms with Crippen molar-refractivity contribution in [2.45, 2.75) is 6.54 Å². The van der Waals surface area contributed by atoms with E-state index in [9.17, 15) is 4.79 Å². The Kier molecular flexibility index (Phi) is 2.78. The lowest BCUT2D eigenvalue weighted by atomic mass is 10.1. The van der Waals surface area contributed by atoms with Gasteiger partial charge in [0.2, 0.25) is 0 Å². The smallest absolute Gasteiger partial charge is 0.266 e. The molecule has 0 radical (unpaired) electrons. The molecule has 0 fully saturated rings. The van der Waals surface area contributed by atoms with Crippen LogP contribution in [0.25, 0.3) is 11.4 Å². The number of nitrogens with two attached hydrogens (primary N) is 1. The van der Waals surface area contributed by atoms with Gasteiger partial charge in [-0.15, -0.1) is 0 Å². The van der Waals surface area contributed by atoms with Crippen LogP contribution in [0.1, 0.15) is 5.56 Å². The zero-order valence-corrected chi connectivity index (χ0v) is 8.92. The minimum atomic E-state index is -0.167. The number of hydrogen-bond donors (Lipinski definition) is 1. The second kappa shape index (κ2) is 4.24. The molecule has 0 atom stereocenters. The van der Waals surface area contributed by atoms with Gasteiger partial charge in [-0.1, -0.05) is 6.07 Å². The van der Waals surface area contributed by atoms with E-state index in [0.717, 1.165) is 5.69 Å². The summed E-state index contributed by atoms with van der Waals surface area (Å²) in [5.74, 6) is 0. The third kappa shape index (κ3) is 1.85. The highest BCUT2D eigenvalue weighted by atomic mass is 16.1. The Labute approximate surface area is 92.6 Å². The van der Waals surface area contributed by atoms with Crippen molar-refractivity contribution in [2.75, 3.05) is 0 Å². The van der Waals surface area contributed by atoms with Crippen molar-refractivity contribution in [3.63, 3.8) is 0 Å². The van der Waals surface area contributed by atoms with Crippen molar-refractivity contribution < 1.29 is 0 Å². The summed E-state index contributed by atoms with van der Waals surface area (Å²) in [5, 5.41) is 4.18. The van der Waals surface area contributed by atoms with Gasteiger partial charge in [0.15, 0.2) is 0 Å². The molecule has 5 heteroatoms. The lowest BCUT2D eigenvalue weighted by molar-refractivity contribution is 0.703. The summed E-state index contributed by atoms with van der Waals surface area (Å²) >= 11 is 0. The molecule has 2 aromatic rings. The Balaban J connectivity index is 2.65. The first-order valence-corrected chi connectivity index (χ1v) is 4.91. The number of rotatable bonds is 2. The standard InChI is InChI=1S/C11H12N4O/c1-15-10(16)6-8(7-12)11(14-15)9-4-2-3-5-13-9/h2-6H,7,12H2,1H3. The number of pyridine rings is 1. The van der Waals surface area contributed by atoms with E-state index < -0.39 is 0 Å². The largest absolute Gasteiger partial charge is 0.326 e. The van der Waals surface area contributed by atoms with E-state index in [1.54, 1.807) is 13.2 Å². The molecule has 82 valence electrons. The Bertz CT molecular complexity index is 548. The third-order valence-electron chi connectivity index (χ3n) is 2.30. The fraction of sp³-hybridized carbons (Fsp3) is 0.182. The molecule has 0 saturated heterocycles. The average Bonchev–Trinajstić information content (AvgIpc) is 2.33. The summed E-state index contributed by atoms with van der Waals surface area (Å²) in [6, 6.07) is 7.03. The maximum Gasteiger partial charge on any atom is 0.266 e. The lowest BCUT2D eigenvalue weighted by Gasteiger charge is -2.07. The number of aromatic nitrogens is 3. The van der Waals surface area contributed by atoms with E-state index in [1.807, 2.05) is 18.2 Å². The topological polar surface area (TPSA) is 73.8 Å². The number of aryl methyl sites for hydroxylation is 1. The summed E-state index contributed by atoms with van der Waals surface area (Å²) in [6.07, 6.45) is 1.68. The molecule has 2 N–H and O–H groups in total. The monoisotopic (exact) mass is 216 g/mol. The van der Waals surface area contributed by atoms with Crippen LogP contribution in [-0.2, 0) is 13.6 Å². The summed E-state index contributed by atoms with van der Waals surface area (Å²) in [5.41, 5.74) is 7.51. The number of hydrogen-bond acceptors (Lipinski definition) is 4. The van der Waals surface area contributed by atoms with E-state index in [2.05, 4.69) is 10.1 Å². The van der Waals surface area contributed by atoms with Gasteiger partial charge in [-0.25, -0.2) is 4.68 Å². The molecule has 0 spiro atoms. The van der Waals surface area contributed by atoms with Crippen LogP contribution in [0.4, 0.5) is 0 Å². The van der Waals surface area contributed by atoms with Gasteiger partial charge in [0.25, 0.3) is 5.56 Å². The molecular formula is C11H12N4O. The van der Waals surface area contributed by atoms with Crippen LogP contribution in [0.3, 0.4) is 0 Å². The quantitative estimate of drug-likeness (QED) is 0.783. The fourth-order valence-corrected chi connectivity index (χ4v) is 1.45. The van der Waals surface area contributed by atoms with Crippen molar-refractivity contribution in [1.82, 2.24) is 14.8 Å². The van der Waals surface area contributed by atoms with Crippen LogP contribution >= 0.6 is 0 Å². The first-order chi connectivity index (χ1) is 7.72. The molecular weight excluding hydrogens is 204 g/mol. The van der Waals surface area contributed by atoms with Crippen LogP contribution in [0.5, 0.6) is 0 Å². The van der Waals surface area contributed by atoms with E-state index in [4.69, 9.17) is 5.73 Å². The van der Waals surface area contributed by atoms with Gasteiger partial charge >= 0.3 is 0 Å². The normalized spacial score (nSPS) is 10.4. The molecule has 0 bridgehead atoms. The zero-order valence-electron chi connectivity index (χ0n) is 8.92. The summed E-state index contributed by atoms with van der Waals surface area (Å²) in [4.78, 5) is 15.6. The summed E-state index contributed by atoms with van der Waals surface area (Å²) in [7, 11) is 1.61. The molecule has 0 amide bonds. The van der Waals surface area contributed by atoms with Crippen LogP contribution in [0, 0.1) is 0 Å². The highest BCUT2D eigenvalue weighted by Crippen LogP contribution is 2.16. The van der Waals surface area contributed by atoms with Gasteiger partial charge in [-0.3, -0.25) is 9.78 Å². The van der Waals surface area contributed by atoms with Gasteiger partial charge in [-0.2, -0.15) is 5.10 Å². The van der Waals surface area contributed by atoms with Crippen LogP contribution in [0.15, 0.2) is 35.3 Å². The molecule has 0 saturated carbocycles. The maximum atomic E-state index is 11.4. The van der Waals surface area contributed by atoms with Crippen LogP contribution in [0.2, 0.25) is 0 Å². The van der Waals surface area contributed by atoms with Crippen LogP contribution < -0.4 is 11.3 Å². The fourth-order valence-electron chi connectivity index (χ4n) is 1.45. The van der Waals surface area contributed by atoms with E-state index in [1.165, 1.54) is 10.7 Å². The predicted octanol–water partition coefficient (Wildman–Crippen LogP) is 0.301. The van der Waals surface area contributed by atoms with Crippen molar-refractivity contribution >= 4 is 0 Å². The molecule has 0 unspecified atom stereocenters. The van der Waals surface area contributed by atoms with Crippen molar-refractivity contribution in [3.8, 4) is 11.4 Å². The third-order valence-corrected chi connectivity index (χ3v) is 2.30. The Morgan fingerprint density at radius 3 is 2.88 bits per heavy atom. The second-order valence-corrected chi connectivity index (χ2v) is 3.40. The first kappa shape index (κ1) is 10.5. The van der Waals surface area contributed by atoms with E-state index in [0.29, 0.717) is 11.3 Å². The summed E-state index contributed by atoms with van der Waals surface area (Å²) < 4.78 is 1.28. The van der Waals surface area contributed by atoms with Gasteiger partial charge in [0, 0.05) is 31.4 Å². The predicted molar refractivity (Wildman–Crippen MR) is 60.6 cm³/mol. The molecule has 2 heterocycles. The molecule has 0 aromatic carbocycles. The van der Waals surface area contributed by atoms with Gasteiger partial charge in [0.05, 0.1) is 5.69 Å². The Morgan fingerprint density at radius 1 is 1.44 bits per heavy atom. The SMILES string of the molecule is Cn1nc(-c2ccccn2)c(CN)cc1=O. The van der Waals surface area contributed by atoms with Crippen molar-refractivity contribution in [1.29, 1.82) is 0 Å². The average molecular weight is 216 g/mol. The minimum Gasteiger partial charge on any atom is -0.326 e. The van der Waals surface area contributed by atoms with Crippen molar-refractivity contribution in [2.24, 2.45) is 12.8 Å². The second-order valence-electron chi connectivity index (χ2n) is 3.40. The molecule has 0 aliphatic rings. The highest BCUT2D eigenvalue weighted by molar-refractivity contribution is 5.57. The molecule has 5 nitrogen and oxygen atoms in total. The van der Waals surface area contributed by atoms with Gasteiger partial charge < -0.3 is 5.73 Å². The van der Waals surface area contributed by atoms with Gasteiger partial charge in [-0.05, 0) is 12.1 Å². The highest BCUT2D eigenvalue weighted by Gasteiger charge is 2.08. The van der Waals surface area contributed by atoms with Gasteiger partial charge in [0.1, 0.15) is 5.69 Å². The molecule has 0 aliphatic heterocycles. The Morgan fingerprint density at radius 2 is 2.25 bits per heavy atom. The maximum absolute atomic E-state index is 11.4. The molecule has 16 heavy (non-hydrogen) atoms. The van der Waals surface area contributed by atoms with E-state index >= 15 is 0 Å². The minimum absolute atomic E-state index is 0.167.